The number of rotatable bonds is 4. The van der Waals surface area contributed by atoms with Gasteiger partial charge in [-0.1, -0.05) is 0 Å². The predicted octanol–water partition coefficient (Wildman–Crippen LogP) is 4.77. The van der Waals surface area contributed by atoms with Crippen LogP contribution in [0.25, 0.3) is 21.1 Å². The number of aromatic amines is 1. The topological polar surface area (TPSA) is 96.0 Å². The SMILES string of the molecule is CSc1cc2[nH]ncc2cc1Nc1ncnc2sc3c(c12)CC[C@H](C(=O)N1C[C@H](C)O[C@@H](C)C1)C3. The monoisotopic (exact) mass is 508 g/mol. The van der Waals surface area contributed by atoms with Crippen molar-refractivity contribution in [2.75, 3.05) is 24.7 Å². The molecule has 1 aliphatic carbocycles. The molecule has 4 aromatic rings. The van der Waals surface area contributed by atoms with Crippen LogP contribution in [0.2, 0.25) is 0 Å². The van der Waals surface area contributed by atoms with Crippen molar-refractivity contribution in [2.45, 2.75) is 50.2 Å². The third-order valence-corrected chi connectivity index (χ3v) is 8.88. The Bertz CT molecular complexity index is 1410. The Labute approximate surface area is 211 Å². The molecule has 3 atom stereocenters. The largest absolute Gasteiger partial charge is 0.372 e. The zero-order chi connectivity index (χ0) is 24.1. The molecule has 2 N–H and O–H groups in total. The molecule has 4 heterocycles. The third kappa shape index (κ3) is 4.17. The molecule has 1 fully saturated rings. The van der Waals surface area contributed by atoms with Gasteiger partial charge >= 0.3 is 0 Å². The van der Waals surface area contributed by atoms with E-state index in [0.717, 1.165) is 56.8 Å². The van der Waals surface area contributed by atoms with Crippen LogP contribution in [0, 0.1) is 5.92 Å². The van der Waals surface area contributed by atoms with Crippen LogP contribution in [0.1, 0.15) is 30.7 Å². The minimum absolute atomic E-state index is 0.0176. The average Bonchev–Trinajstić information content (AvgIpc) is 3.46. The Morgan fingerprint density at radius 2 is 2.09 bits per heavy atom. The zero-order valence-electron chi connectivity index (χ0n) is 20.0. The first-order valence-corrected chi connectivity index (χ1v) is 14.0. The molecular weight excluding hydrogens is 480 g/mol. The molecule has 182 valence electrons. The summed E-state index contributed by atoms with van der Waals surface area (Å²) in [6.45, 7) is 5.44. The summed E-state index contributed by atoms with van der Waals surface area (Å²) in [5, 5.41) is 12.9. The summed E-state index contributed by atoms with van der Waals surface area (Å²) in [6, 6.07) is 4.22. The van der Waals surface area contributed by atoms with Gasteiger partial charge in [0.25, 0.3) is 0 Å². The van der Waals surface area contributed by atoms with Crippen molar-refractivity contribution in [1.29, 1.82) is 0 Å². The summed E-state index contributed by atoms with van der Waals surface area (Å²) in [5.41, 5.74) is 3.31. The average molecular weight is 509 g/mol. The number of thiophene rings is 1. The van der Waals surface area contributed by atoms with E-state index in [1.54, 1.807) is 29.4 Å². The van der Waals surface area contributed by atoms with Crippen molar-refractivity contribution in [3.8, 4) is 0 Å². The number of nitrogens with one attached hydrogen (secondary N) is 2. The number of H-pyrrole nitrogens is 1. The molecule has 0 radical (unpaired) electrons. The molecule has 10 heteroatoms. The Kier molecular flexibility index (Phi) is 5.90. The summed E-state index contributed by atoms with van der Waals surface area (Å²) in [6.07, 6.45) is 8.18. The van der Waals surface area contributed by atoms with E-state index in [0.29, 0.717) is 13.1 Å². The lowest BCUT2D eigenvalue weighted by Gasteiger charge is -2.37. The molecule has 3 aromatic heterocycles. The Morgan fingerprint density at radius 3 is 2.89 bits per heavy atom. The van der Waals surface area contributed by atoms with Gasteiger partial charge in [-0.2, -0.15) is 5.10 Å². The molecule has 1 saturated heterocycles. The fourth-order valence-corrected chi connectivity index (χ4v) is 7.23. The summed E-state index contributed by atoms with van der Waals surface area (Å²) >= 11 is 3.38. The van der Waals surface area contributed by atoms with E-state index in [-0.39, 0.29) is 24.0 Å². The van der Waals surface area contributed by atoms with Crippen molar-refractivity contribution in [1.82, 2.24) is 25.1 Å². The second-order valence-electron chi connectivity index (χ2n) is 9.48. The molecule has 35 heavy (non-hydrogen) atoms. The highest BCUT2D eigenvalue weighted by Crippen LogP contribution is 2.42. The summed E-state index contributed by atoms with van der Waals surface area (Å²) in [5.74, 6) is 1.10. The van der Waals surface area contributed by atoms with Gasteiger partial charge < -0.3 is 15.0 Å². The van der Waals surface area contributed by atoms with Crippen molar-refractivity contribution in [2.24, 2.45) is 5.92 Å². The highest BCUT2D eigenvalue weighted by molar-refractivity contribution is 7.98. The van der Waals surface area contributed by atoms with E-state index in [1.807, 2.05) is 24.9 Å². The number of carbonyl (C=O) groups is 1. The number of fused-ring (bicyclic) bond motifs is 4. The maximum Gasteiger partial charge on any atom is 0.226 e. The number of hydrogen-bond donors (Lipinski definition) is 2. The number of hydrogen-bond acceptors (Lipinski definition) is 8. The fourth-order valence-electron chi connectivity index (χ4n) is 5.40. The van der Waals surface area contributed by atoms with Gasteiger partial charge in [0.2, 0.25) is 5.91 Å². The minimum atomic E-state index is 0.0176. The molecule has 1 aliphatic heterocycles. The standard InChI is InChI=1S/C25H28N6O2S2/c1-13-10-31(11-14(2)33-13)25(32)15-4-5-17-20(7-15)35-24-22(17)23(26-12-27-24)29-19-6-16-9-28-30-18(16)8-21(19)34-3/h6,8-9,12-15H,4-5,7,10-11H2,1-3H3,(H,28,30)(H,26,27,29)/t13-,14-,15-/m0/s1. The van der Waals surface area contributed by atoms with Crippen LogP contribution in [0.3, 0.4) is 0 Å². The molecular formula is C25H28N6O2S2. The van der Waals surface area contributed by atoms with Gasteiger partial charge in [0.05, 0.1) is 35.0 Å². The van der Waals surface area contributed by atoms with Crippen LogP contribution >= 0.6 is 23.1 Å². The van der Waals surface area contributed by atoms with Crippen molar-refractivity contribution in [3.05, 3.63) is 35.1 Å². The number of nitrogens with zero attached hydrogens (tertiary/aromatic N) is 4. The number of thioether (sulfide) groups is 1. The first kappa shape index (κ1) is 22.8. The lowest BCUT2D eigenvalue weighted by molar-refractivity contribution is -0.147. The number of amides is 1. The van der Waals surface area contributed by atoms with Crippen molar-refractivity contribution >= 4 is 61.6 Å². The Morgan fingerprint density at radius 1 is 1.26 bits per heavy atom. The molecule has 0 saturated carbocycles. The van der Waals surface area contributed by atoms with Gasteiger partial charge in [0.1, 0.15) is 17.0 Å². The summed E-state index contributed by atoms with van der Waals surface area (Å²) in [4.78, 5) is 27.9. The Balaban J connectivity index is 1.30. The highest BCUT2D eigenvalue weighted by atomic mass is 32.2. The Hall–Kier alpha value is -2.69. The van der Waals surface area contributed by atoms with E-state index in [9.17, 15) is 4.79 Å². The van der Waals surface area contributed by atoms with Crippen molar-refractivity contribution < 1.29 is 9.53 Å². The van der Waals surface area contributed by atoms with Gasteiger partial charge in [-0.05, 0) is 57.1 Å². The molecule has 8 nitrogen and oxygen atoms in total. The summed E-state index contributed by atoms with van der Waals surface area (Å²) in [7, 11) is 0. The maximum atomic E-state index is 13.4. The normalized spacial score (nSPS) is 22.5. The number of anilines is 2. The molecule has 2 aliphatic rings. The first-order valence-electron chi connectivity index (χ1n) is 12.0. The van der Waals surface area contributed by atoms with E-state index < -0.39 is 0 Å². The van der Waals surface area contributed by atoms with E-state index in [2.05, 4.69) is 43.9 Å². The maximum absolute atomic E-state index is 13.4. The molecule has 0 unspecified atom stereocenters. The van der Waals surface area contributed by atoms with E-state index in [1.165, 1.54) is 10.4 Å². The number of aromatic nitrogens is 4. The molecule has 0 spiro atoms. The molecule has 1 amide bonds. The van der Waals surface area contributed by atoms with Crippen LogP contribution in [-0.2, 0) is 22.4 Å². The van der Waals surface area contributed by atoms with Crippen LogP contribution < -0.4 is 5.32 Å². The van der Waals surface area contributed by atoms with E-state index in [4.69, 9.17) is 4.74 Å². The van der Waals surface area contributed by atoms with Crippen LogP contribution in [0.4, 0.5) is 11.5 Å². The number of carbonyl (C=O) groups excluding carboxylic acids is 1. The van der Waals surface area contributed by atoms with Gasteiger partial charge in [0.15, 0.2) is 0 Å². The van der Waals surface area contributed by atoms with E-state index >= 15 is 0 Å². The second-order valence-corrected chi connectivity index (χ2v) is 11.4. The van der Waals surface area contributed by atoms with Gasteiger partial charge in [-0.3, -0.25) is 9.89 Å². The fraction of sp³-hybridized carbons (Fsp3) is 0.440. The highest BCUT2D eigenvalue weighted by Gasteiger charge is 2.34. The summed E-state index contributed by atoms with van der Waals surface area (Å²) < 4.78 is 5.83. The van der Waals surface area contributed by atoms with Crippen LogP contribution in [-0.4, -0.2) is 62.5 Å². The molecule has 0 bridgehead atoms. The minimum Gasteiger partial charge on any atom is -0.372 e. The predicted molar refractivity (Wildman–Crippen MR) is 141 cm³/mol. The van der Waals surface area contributed by atoms with Crippen LogP contribution in [0.5, 0.6) is 0 Å². The number of aryl methyl sites for hydroxylation is 1. The molecule has 6 rings (SSSR count). The quantitative estimate of drug-likeness (QED) is 0.383. The zero-order valence-corrected chi connectivity index (χ0v) is 21.6. The molecule has 1 aromatic carbocycles. The third-order valence-electron chi connectivity index (χ3n) is 6.94. The van der Waals surface area contributed by atoms with Crippen molar-refractivity contribution in [3.63, 3.8) is 0 Å². The van der Waals surface area contributed by atoms with Gasteiger partial charge in [-0.15, -0.1) is 23.1 Å². The van der Waals surface area contributed by atoms with Gasteiger partial charge in [-0.25, -0.2) is 9.97 Å². The van der Waals surface area contributed by atoms with Crippen LogP contribution in [0.15, 0.2) is 29.6 Å². The van der Waals surface area contributed by atoms with Gasteiger partial charge in [0, 0.05) is 34.2 Å². The lowest BCUT2D eigenvalue weighted by atomic mass is 9.86. The number of morpholine rings is 1. The smallest absolute Gasteiger partial charge is 0.226 e. The number of ether oxygens (including phenoxy) is 1. The lowest BCUT2D eigenvalue weighted by Crippen LogP contribution is -2.50. The number of benzene rings is 1. The second kappa shape index (κ2) is 9.07. The first-order chi connectivity index (χ1) is 17.0.